The quantitative estimate of drug-likeness (QED) is 0.848. The second kappa shape index (κ2) is 5.04. The predicted molar refractivity (Wildman–Crippen MR) is 64.2 cm³/mol. The van der Waals surface area contributed by atoms with E-state index >= 15 is 0 Å². The second-order valence-electron chi connectivity index (χ2n) is 3.43. The van der Waals surface area contributed by atoms with Crippen LogP contribution in [0.4, 0.5) is 13.2 Å². The molecule has 0 aliphatic rings. The highest BCUT2D eigenvalue weighted by molar-refractivity contribution is 9.10. The summed E-state index contributed by atoms with van der Waals surface area (Å²) in [5.74, 6) is -0.350. The lowest BCUT2D eigenvalue weighted by Crippen LogP contribution is -2.19. The van der Waals surface area contributed by atoms with Gasteiger partial charge in [0, 0.05) is 18.1 Å². The molecular weight excluding hydrogens is 329 g/mol. The van der Waals surface area contributed by atoms with Crippen LogP contribution >= 0.6 is 15.9 Å². The molecule has 0 spiro atoms. The Labute approximate surface area is 113 Å². The maximum Gasteiger partial charge on any atom is 0.573 e. The number of nitrogens with zero attached hydrogens (tertiary/aromatic N) is 2. The Bertz CT molecular complexity index is 638. The van der Waals surface area contributed by atoms with Crippen LogP contribution in [0.2, 0.25) is 0 Å². The summed E-state index contributed by atoms with van der Waals surface area (Å²) in [5.41, 5.74) is -0.00499. The van der Waals surface area contributed by atoms with Gasteiger partial charge < -0.3 is 4.74 Å². The third kappa shape index (κ3) is 3.34. The lowest BCUT2D eigenvalue weighted by molar-refractivity contribution is -0.274. The SMILES string of the molecule is O=c1c(Br)nccn1-c1ccc(OC(F)(F)F)cc1. The Morgan fingerprint density at radius 2 is 1.84 bits per heavy atom. The van der Waals surface area contributed by atoms with Crippen LogP contribution in [0.15, 0.2) is 46.1 Å². The number of rotatable bonds is 2. The minimum atomic E-state index is -4.74. The van der Waals surface area contributed by atoms with Gasteiger partial charge in [0.25, 0.3) is 5.56 Å². The van der Waals surface area contributed by atoms with Gasteiger partial charge >= 0.3 is 6.36 Å². The fourth-order valence-electron chi connectivity index (χ4n) is 1.40. The van der Waals surface area contributed by atoms with Gasteiger partial charge in [-0.3, -0.25) is 9.36 Å². The van der Waals surface area contributed by atoms with Crippen LogP contribution in [-0.4, -0.2) is 15.9 Å². The number of ether oxygens (including phenoxy) is 1. The fourth-order valence-corrected chi connectivity index (χ4v) is 1.71. The number of aromatic nitrogens is 2. The molecule has 8 heteroatoms. The molecule has 0 unspecified atom stereocenters. The van der Waals surface area contributed by atoms with Gasteiger partial charge in [-0.15, -0.1) is 13.2 Å². The molecule has 0 atom stereocenters. The highest BCUT2D eigenvalue weighted by atomic mass is 79.9. The van der Waals surface area contributed by atoms with Crippen LogP contribution in [0.5, 0.6) is 5.75 Å². The first-order chi connectivity index (χ1) is 8.87. The van der Waals surface area contributed by atoms with E-state index in [-0.39, 0.29) is 10.4 Å². The first-order valence-corrected chi connectivity index (χ1v) is 5.75. The van der Waals surface area contributed by atoms with Gasteiger partial charge in [-0.2, -0.15) is 0 Å². The van der Waals surface area contributed by atoms with Crippen LogP contribution in [0, 0.1) is 0 Å². The molecule has 0 bridgehead atoms. The molecule has 0 saturated heterocycles. The van der Waals surface area contributed by atoms with Gasteiger partial charge in [-0.25, -0.2) is 4.98 Å². The summed E-state index contributed by atoms with van der Waals surface area (Å²) < 4.78 is 41.1. The first kappa shape index (κ1) is 13.6. The fraction of sp³-hybridized carbons (Fsp3) is 0.0909. The minimum Gasteiger partial charge on any atom is -0.406 e. The smallest absolute Gasteiger partial charge is 0.406 e. The average molecular weight is 335 g/mol. The van der Waals surface area contributed by atoms with Crippen molar-refractivity contribution in [3.63, 3.8) is 0 Å². The molecule has 19 heavy (non-hydrogen) atoms. The normalized spacial score (nSPS) is 11.4. The molecule has 1 aromatic heterocycles. The Morgan fingerprint density at radius 3 is 2.42 bits per heavy atom. The van der Waals surface area contributed by atoms with Gasteiger partial charge in [0.1, 0.15) is 5.75 Å². The van der Waals surface area contributed by atoms with Crippen molar-refractivity contribution in [3.8, 4) is 11.4 Å². The first-order valence-electron chi connectivity index (χ1n) is 4.96. The van der Waals surface area contributed by atoms with Crippen molar-refractivity contribution < 1.29 is 17.9 Å². The maximum atomic E-state index is 12.0. The summed E-state index contributed by atoms with van der Waals surface area (Å²) in [6.45, 7) is 0. The molecule has 1 aromatic carbocycles. The van der Waals surface area contributed by atoms with E-state index in [0.29, 0.717) is 5.69 Å². The summed E-state index contributed by atoms with van der Waals surface area (Å²) in [7, 11) is 0. The third-order valence-electron chi connectivity index (χ3n) is 2.15. The third-order valence-corrected chi connectivity index (χ3v) is 2.69. The summed E-state index contributed by atoms with van der Waals surface area (Å²) in [5, 5.41) is 0. The van der Waals surface area contributed by atoms with Crippen LogP contribution in [0.25, 0.3) is 5.69 Å². The van der Waals surface area contributed by atoms with Crippen molar-refractivity contribution in [2.45, 2.75) is 6.36 Å². The summed E-state index contributed by atoms with van der Waals surface area (Å²) in [6.07, 6.45) is -1.93. The minimum absolute atomic E-state index is 0.116. The largest absolute Gasteiger partial charge is 0.573 e. The number of hydrogen-bond donors (Lipinski definition) is 0. The zero-order chi connectivity index (χ0) is 14.0. The van der Waals surface area contributed by atoms with Crippen LogP contribution < -0.4 is 10.3 Å². The highest BCUT2D eigenvalue weighted by Gasteiger charge is 2.30. The van der Waals surface area contributed by atoms with Gasteiger partial charge in [0.15, 0.2) is 4.60 Å². The monoisotopic (exact) mass is 334 g/mol. The summed E-state index contributed by atoms with van der Waals surface area (Å²) in [6, 6.07) is 4.94. The lowest BCUT2D eigenvalue weighted by Gasteiger charge is -2.10. The van der Waals surface area contributed by atoms with Crippen LogP contribution in [-0.2, 0) is 0 Å². The predicted octanol–water partition coefficient (Wildman–Crippen LogP) is 2.89. The standard InChI is InChI=1S/C11H6BrF3N2O2/c12-9-10(18)17(6-5-16-9)7-1-3-8(4-2-7)19-11(13,14)15/h1-6H. The number of halogens is 4. The van der Waals surface area contributed by atoms with Gasteiger partial charge in [0.2, 0.25) is 0 Å². The second-order valence-corrected chi connectivity index (χ2v) is 4.19. The van der Waals surface area contributed by atoms with E-state index in [9.17, 15) is 18.0 Å². The molecule has 0 saturated carbocycles. The molecule has 0 radical (unpaired) electrons. The highest BCUT2D eigenvalue weighted by Crippen LogP contribution is 2.23. The molecule has 1 heterocycles. The van der Waals surface area contributed by atoms with E-state index in [1.807, 2.05) is 0 Å². The van der Waals surface area contributed by atoms with E-state index in [0.717, 1.165) is 12.1 Å². The Morgan fingerprint density at radius 1 is 1.21 bits per heavy atom. The molecular formula is C11H6BrF3N2O2. The van der Waals surface area contributed by atoms with Crippen LogP contribution in [0.1, 0.15) is 0 Å². The van der Waals surface area contributed by atoms with Crippen LogP contribution in [0.3, 0.4) is 0 Å². The zero-order valence-corrected chi connectivity index (χ0v) is 10.8. The van der Waals surface area contributed by atoms with Crippen molar-refractivity contribution in [2.24, 2.45) is 0 Å². The lowest BCUT2D eigenvalue weighted by atomic mass is 10.3. The number of hydrogen-bond acceptors (Lipinski definition) is 3. The molecule has 2 rings (SSSR count). The molecule has 4 nitrogen and oxygen atoms in total. The zero-order valence-electron chi connectivity index (χ0n) is 9.19. The number of benzene rings is 1. The topological polar surface area (TPSA) is 44.1 Å². The van der Waals surface area contributed by atoms with Crippen molar-refractivity contribution in [3.05, 3.63) is 51.6 Å². The van der Waals surface area contributed by atoms with E-state index < -0.39 is 11.9 Å². The van der Waals surface area contributed by atoms with E-state index in [2.05, 4.69) is 25.7 Å². The summed E-state index contributed by atoms with van der Waals surface area (Å²) >= 11 is 2.98. The Balaban J connectivity index is 2.33. The van der Waals surface area contributed by atoms with Gasteiger partial charge in [-0.1, -0.05) is 0 Å². The summed E-state index contributed by atoms with van der Waals surface area (Å²) in [4.78, 5) is 15.5. The van der Waals surface area contributed by atoms with Crippen molar-refractivity contribution in [1.82, 2.24) is 9.55 Å². The van der Waals surface area contributed by atoms with E-state index in [1.165, 1.54) is 29.1 Å². The van der Waals surface area contributed by atoms with E-state index in [1.54, 1.807) is 0 Å². The van der Waals surface area contributed by atoms with Gasteiger partial charge in [0.05, 0.1) is 0 Å². The van der Waals surface area contributed by atoms with E-state index in [4.69, 9.17) is 0 Å². The average Bonchev–Trinajstić information content (AvgIpc) is 2.32. The van der Waals surface area contributed by atoms with Gasteiger partial charge in [-0.05, 0) is 40.2 Å². The van der Waals surface area contributed by atoms with Crippen molar-refractivity contribution in [2.75, 3.05) is 0 Å². The molecule has 0 aliphatic carbocycles. The maximum absolute atomic E-state index is 12.0. The van der Waals surface area contributed by atoms with Crippen molar-refractivity contribution >= 4 is 15.9 Å². The Hall–Kier alpha value is -1.83. The Kier molecular flexibility index (Phi) is 3.61. The molecule has 0 aliphatic heterocycles. The number of alkyl halides is 3. The molecule has 0 N–H and O–H groups in total. The molecule has 100 valence electrons. The van der Waals surface area contributed by atoms with Crippen molar-refractivity contribution in [1.29, 1.82) is 0 Å². The molecule has 2 aromatic rings. The molecule has 0 amide bonds. The molecule has 0 fully saturated rings.